The highest BCUT2D eigenvalue weighted by molar-refractivity contribution is 8.67. The highest BCUT2D eigenvalue weighted by atomic mass is 32.9. The number of nitrogens with zero attached hydrogens (tertiary/aromatic N) is 4. The number of para-hydroxylation sites is 1. The SMILES string of the molecule is COc1cccc(CCc2ccccc2OCC(CN(C)C)OCOP(=S)(OC)SCn2nnc3ccccc3c2=O)c1. The summed E-state index contributed by atoms with van der Waals surface area (Å²) in [6.07, 6.45) is 1.39. The first-order valence-electron chi connectivity index (χ1n) is 13.7. The van der Waals surface area contributed by atoms with Crippen molar-refractivity contribution in [3.8, 4) is 11.5 Å². The number of aryl methyl sites for hydroxylation is 2. The molecule has 4 aromatic rings. The number of aromatic nitrogens is 3. The zero-order valence-electron chi connectivity index (χ0n) is 24.8. The Morgan fingerprint density at radius 3 is 2.60 bits per heavy atom. The van der Waals surface area contributed by atoms with Gasteiger partial charge in [-0.05, 0) is 91.6 Å². The lowest BCUT2D eigenvalue weighted by molar-refractivity contribution is -0.0593. The lowest BCUT2D eigenvalue weighted by Crippen LogP contribution is -2.34. The predicted octanol–water partition coefficient (Wildman–Crippen LogP) is 5.15. The summed E-state index contributed by atoms with van der Waals surface area (Å²) >= 11 is 6.86. The fourth-order valence-corrected chi connectivity index (χ4v) is 7.14. The predicted molar refractivity (Wildman–Crippen MR) is 174 cm³/mol. The third-order valence-electron chi connectivity index (χ3n) is 6.49. The van der Waals surface area contributed by atoms with Gasteiger partial charge in [0.2, 0.25) is 0 Å². The summed E-state index contributed by atoms with van der Waals surface area (Å²) in [5.41, 5.74) is -0.229. The highest BCUT2D eigenvalue weighted by Gasteiger charge is 2.22. The third-order valence-corrected chi connectivity index (χ3v) is 11.8. The summed E-state index contributed by atoms with van der Waals surface area (Å²) < 4.78 is 30.4. The second-order valence-corrected chi connectivity index (χ2v) is 16.3. The Morgan fingerprint density at radius 2 is 1.81 bits per heavy atom. The lowest BCUT2D eigenvalue weighted by Gasteiger charge is -2.24. The van der Waals surface area contributed by atoms with E-state index >= 15 is 0 Å². The molecule has 0 aliphatic carbocycles. The van der Waals surface area contributed by atoms with E-state index in [0.29, 0.717) is 24.1 Å². The minimum atomic E-state index is -2.83. The number of hydrogen-bond donors (Lipinski definition) is 0. The van der Waals surface area contributed by atoms with Crippen molar-refractivity contribution in [2.75, 3.05) is 48.3 Å². The Balaban J connectivity index is 1.32. The van der Waals surface area contributed by atoms with Crippen molar-refractivity contribution in [3.63, 3.8) is 0 Å². The van der Waals surface area contributed by atoms with Gasteiger partial charge < -0.3 is 23.6 Å². The maximum atomic E-state index is 12.8. The molecule has 0 aliphatic rings. The van der Waals surface area contributed by atoms with E-state index in [2.05, 4.69) is 28.5 Å². The van der Waals surface area contributed by atoms with Gasteiger partial charge in [0.25, 0.3) is 11.3 Å². The molecule has 0 amide bonds. The molecule has 1 heterocycles. The summed E-state index contributed by atoms with van der Waals surface area (Å²) in [4.78, 5) is 14.8. The van der Waals surface area contributed by atoms with Crippen molar-refractivity contribution in [2.45, 2.75) is 24.8 Å². The van der Waals surface area contributed by atoms with Crippen molar-refractivity contribution in [1.29, 1.82) is 0 Å². The second-order valence-electron chi connectivity index (χ2n) is 9.87. The van der Waals surface area contributed by atoms with Crippen molar-refractivity contribution in [3.05, 3.63) is 94.3 Å². The molecule has 0 N–H and O–H groups in total. The molecule has 4 rings (SSSR count). The van der Waals surface area contributed by atoms with Crippen molar-refractivity contribution in [2.24, 2.45) is 0 Å². The van der Waals surface area contributed by atoms with Crippen LogP contribution in [0.25, 0.3) is 10.9 Å². The fourth-order valence-electron chi connectivity index (χ4n) is 4.27. The summed E-state index contributed by atoms with van der Waals surface area (Å²) in [6, 6.07) is 23.2. The van der Waals surface area contributed by atoms with Gasteiger partial charge in [0.05, 0.1) is 12.5 Å². The Bertz CT molecular complexity index is 1590. The van der Waals surface area contributed by atoms with Crippen LogP contribution in [0.3, 0.4) is 0 Å². The number of benzene rings is 3. The molecule has 0 saturated heterocycles. The van der Waals surface area contributed by atoms with Crippen LogP contribution >= 0.6 is 17.1 Å². The van der Waals surface area contributed by atoms with E-state index in [-0.39, 0.29) is 24.3 Å². The van der Waals surface area contributed by atoms with Gasteiger partial charge in [-0.3, -0.25) is 9.32 Å². The second kappa shape index (κ2) is 16.3. The van der Waals surface area contributed by atoms with Crippen molar-refractivity contribution >= 4 is 39.8 Å². The zero-order chi connectivity index (χ0) is 30.7. The summed E-state index contributed by atoms with van der Waals surface area (Å²) in [5.74, 6) is 1.80. The molecule has 0 fully saturated rings. The Morgan fingerprint density at radius 1 is 1.02 bits per heavy atom. The minimum absolute atomic E-state index is 0.0875. The lowest BCUT2D eigenvalue weighted by atomic mass is 10.0. The molecule has 13 heteroatoms. The van der Waals surface area contributed by atoms with E-state index in [4.69, 9.17) is 35.1 Å². The topological polar surface area (TPSA) is 97.2 Å². The molecule has 230 valence electrons. The summed E-state index contributed by atoms with van der Waals surface area (Å²) in [5, 5.41) is 8.62. The maximum absolute atomic E-state index is 12.8. The fraction of sp³-hybridized carbons (Fsp3) is 0.367. The zero-order valence-corrected chi connectivity index (χ0v) is 27.3. The largest absolute Gasteiger partial charge is 0.497 e. The Hall–Kier alpha value is -2.83. The van der Waals surface area contributed by atoms with Crippen LogP contribution in [-0.2, 0) is 44.3 Å². The molecule has 0 radical (unpaired) electrons. The van der Waals surface area contributed by atoms with Gasteiger partial charge in [-0.2, -0.15) is 4.68 Å². The van der Waals surface area contributed by atoms with Crippen LogP contribution in [0, 0.1) is 0 Å². The number of fused-ring (bicyclic) bond motifs is 1. The molecule has 10 nitrogen and oxygen atoms in total. The van der Waals surface area contributed by atoms with Crippen LogP contribution in [0.2, 0.25) is 0 Å². The molecule has 0 saturated carbocycles. The van der Waals surface area contributed by atoms with Gasteiger partial charge in [-0.15, -0.1) is 5.10 Å². The summed E-state index contributed by atoms with van der Waals surface area (Å²) in [7, 11) is 7.10. The molecular formula is C30H37N4O6PS2. The highest BCUT2D eigenvalue weighted by Crippen LogP contribution is 2.60. The van der Waals surface area contributed by atoms with Gasteiger partial charge in [-0.1, -0.05) is 47.7 Å². The van der Waals surface area contributed by atoms with E-state index in [0.717, 1.165) is 29.9 Å². The van der Waals surface area contributed by atoms with E-state index < -0.39 is 5.69 Å². The molecule has 0 aliphatic heterocycles. The number of rotatable bonds is 17. The number of likely N-dealkylation sites (N-methyl/N-ethyl adjacent to an activating group) is 1. The van der Waals surface area contributed by atoms with Crippen LogP contribution in [-0.4, -0.2) is 74.3 Å². The number of ether oxygens (including phenoxy) is 3. The molecule has 3 aromatic carbocycles. The van der Waals surface area contributed by atoms with Gasteiger partial charge in [0, 0.05) is 13.7 Å². The smallest absolute Gasteiger partial charge is 0.278 e. The minimum Gasteiger partial charge on any atom is -0.497 e. The van der Waals surface area contributed by atoms with Gasteiger partial charge in [0.1, 0.15) is 35.6 Å². The first-order valence-corrected chi connectivity index (χ1v) is 17.9. The van der Waals surface area contributed by atoms with Crippen molar-refractivity contribution in [1.82, 2.24) is 19.9 Å². The average Bonchev–Trinajstić information content (AvgIpc) is 3.02. The maximum Gasteiger partial charge on any atom is 0.278 e. The van der Waals surface area contributed by atoms with E-state index in [1.54, 1.807) is 25.3 Å². The monoisotopic (exact) mass is 644 g/mol. The molecule has 1 aromatic heterocycles. The van der Waals surface area contributed by atoms with Gasteiger partial charge in [0.15, 0.2) is 6.79 Å². The normalized spacial score (nSPS) is 13.6. The first-order chi connectivity index (χ1) is 20.8. The molecule has 2 unspecified atom stereocenters. The van der Waals surface area contributed by atoms with Crippen molar-refractivity contribution < 1.29 is 23.3 Å². The molecular weight excluding hydrogens is 607 g/mol. The van der Waals surface area contributed by atoms with E-state index in [1.807, 2.05) is 55.4 Å². The standard InChI is InChI=1S/C30H37N4O6PS2/c1-33(2)19-26(20-38-29-15-8-5-11-24(29)17-16-23-10-9-12-25(18-23)36-3)39-22-40-41(42,37-4)43-21-34-30(35)27-13-6-7-14-28(27)31-32-34/h5-15,18,26H,16-17,19-22H2,1-4H3. The summed E-state index contributed by atoms with van der Waals surface area (Å²) in [6.45, 7) is 0.846. The number of methoxy groups -OCH3 is 1. The molecule has 0 bridgehead atoms. The van der Waals surface area contributed by atoms with Gasteiger partial charge >= 0.3 is 0 Å². The average molecular weight is 645 g/mol. The van der Waals surface area contributed by atoms with Crippen LogP contribution < -0.4 is 15.0 Å². The van der Waals surface area contributed by atoms with E-state index in [1.165, 1.54) is 28.7 Å². The first kappa shape index (κ1) is 33.1. The third kappa shape index (κ3) is 9.84. The number of hydrogen-bond acceptors (Lipinski definition) is 11. The van der Waals surface area contributed by atoms with Gasteiger partial charge in [-0.25, -0.2) is 0 Å². The van der Waals surface area contributed by atoms with E-state index in [9.17, 15) is 4.79 Å². The Labute approximate surface area is 261 Å². The van der Waals surface area contributed by atoms with Crippen LogP contribution in [0.5, 0.6) is 11.5 Å². The quantitative estimate of drug-likeness (QED) is 0.113. The molecule has 0 spiro atoms. The molecule has 43 heavy (non-hydrogen) atoms. The Kier molecular flexibility index (Phi) is 12.5. The van der Waals surface area contributed by atoms with Crippen LogP contribution in [0.15, 0.2) is 77.6 Å². The van der Waals surface area contributed by atoms with Crippen LogP contribution in [0.4, 0.5) is 0 Å². The molecule has 2 atom stereocenters. The van der Waals surface area contributed by atoms with Crippen LogP contribution in [0.1, 0.15) is 11.1 Å².